The maximum Gasteiger partial charge on any atom is 0.271 e. The lowest BCUT2D eigenvalue weighted by molar-refractivity contribution is -0.120. The Morgan fingerprint density at radius 1 is 1.41 bits per heavy atom. The highest BCUT2D eigenvalue weighted by Gasteiger charge is 2.11. The molecular formula is C11H14BrN3O2. The van der Waals surface area contributed by atoms with Crippen LogP contribution >= 0.6 is 15.9 Å². The Kier molecular flexibility index (Phi) is 5.62. The summed E-state index contributed by atoms with van der Waals surface area (Å²) >= 11 is 3.22. The number of carbonyl (C=O) groups excluding carboxylic acids is 2. The van der Waals surface area contributed by atoms with Gasteiger partial charge in [-0.15, -0.1) is 0 Å². The van der Waals surface area contributed by atoms with E-state index < -0.39 is 0 Å². The zero-order chi connectivity index (χ0) is 12.7. The third kappa shape index (κ3) is 4.52. The first kappa shape index (κ1) is 13.6. The standard InChI is InChI=1S/C11H14BrN3O2/c1-2-5-13-9(16)7-15-11(17)10-8(12)4-3-6-14-10/h3-4,6H,2,5,7H2,1H3,(H,13,16)(H,15,17). The molecule has 0 saturated heterocycles. The first-order valence-corrected chi connectivity index (χ1v) is 6.10. The fourth-order valence-corrected chi connectivity index (χ4v) is 1.56. The number of pyridine rings is 1. The van der Waals surface area contributed by atoms with Crippen LogP contribution in [0.15, 0.2) is 22.8 Å². The molecule has 92 valence electrons. The van der Waals surface area contributed by atoms with Gasteiger partial charge in [0.1, 0.15) is 5.69 Å². The molecular weight excluding hydrogens is 286 g/mol. The SMILES string of the molecule is CCCNC(=O)CNC(=O)c1ncccc1Br. The van der Waals surface area contributed by atoms with Crippen LogP contribution in [0.3, 0.4) is 0 Å². The number of carbonyl (C=O) groups is 2. The molecule has 6 heteroatoms. The van der Waals surface area contributed by atoms with E-state index in [4.69, 9.17) is 0 Å². The lowest BCUT2D eigenvalue weighted by Gasteiger charge is -2.06. The number of aromatic nitrogens is 1. The van der Waals surface area contributed by atoms with Crippen molar-refractivity contribution >= 4 is 27.7 Å². The van der Waals surface area contributed by atoms with Crippen LogP contribution in [0.1, 0.15) is 23.8 Å². The smallest absolute Gasteiger partial charge is 0.271 e. The van der Waals surface area contributed by atoms with Crippen LogP contribution in [0, 0.1) is 0 Å². The van der Waals surface area contributed by atoms with Gasteiger partial charge in [0.25, 0.3) is 5.91 Å². The molecule has 0 aliphatic carbocycles. The van der Waals surface area contributed by atoms with Crippen molar-refractivity contribution in [3.8, 4) is 0 Å². The molecule has 0 aliphatic rings. The van der Waals surface area contributed by atoms with E-state index in [1.165, 1.54) is 6.20 Å². The van der Waals surface area contributed by atoms with Crippen molar-refractivity contribution in [1.29, 1.82) is 0 Å². The van der Waals surface area contributed by atoms with Crippen LogP contribution in [0.2, 0.25) is 0 Å². The van der Waals surface area contributed by atoms with Gasteiger partial charge in [-0.3, -0.25) is 9.59 Å². The van der Waals surface area contributed by atoms with Gasteiger partial charge in [0.05, 0.1) is 6.54 Å². The van der Waals surface area contributed by atoms with Gasteiger partial charge in [0, 0.05) is 17.2 Å². The van der Waals surface area contributed by atoms with E-state index in [2.05, 4.69) is 31.5 Å². The molecule has 0 radical (unpaired) electrons. The summed E-state index contributed by atoms with van der Waals surface area (Å²) in [5.74, 6) is -0.573. The Labute approximate surface area is 108 Å². The molecule has 0 bridgehead atoms. The van der Waals surface area contributed by atoms with Crippen LogP contribution in [0.5, 0.6) is 0 Å². The number of nitrogens with one attached hydrogen (secondary N) is 2. The van der Waals surface area contributed by atoms with Crippen molar-refractivity contribution in [3.05, 3.63) is 28.5 Å². The van der Waals surface area contributed by atoms with E-state index in [1.54, 1.807) is 12.1 Å². The predicted octanol–water partition coefficient (Wildman–Crippen LogP) is 1.10. The number of nitrogens with zero attached hydrogens (tertiary/aromatic N) is 1. The molecule has 0 unspecified atom stereocenters. The molecule has 0 fully saturated rings. The van der Waals surface area contributed by atoms with Crippen molar-refractivity contribution in [1.82, 2.24) is 15.6 Å². The summed E-state index contributed by atoms with van der Waals surface area (Å²) in [5, 5.41) is 5.17. The third-order valence-corrected chi connectivity index (χ3v) is 2.60. The Morgan fingerprint density at radius 2 is 2.18 bits per heavy atom. The number of amides is 2. The molecule has 1 aromatic rings. The molecule has 0 saturated carbocycles. The highest BCUT2D eigenvalue weighted by Crippen LogP contribution is 2.12. The second-order valence-electron chi connectivity index (χ2n) is 3.37. The Balaban J connectivity index is 2.45. The number of rotatable bonds is 5. The van der Waals surface area contributed by atoms with Gasteiger partial charge >= 0.3 is 0 Å². The molecule has 0 atom stereocenters. The monoisotopic (exact) mass is 299 g/mol. The topological polar surface area (TPSA) is 71.1 Å². The number of hydrogen-bond donors (Lipinski definition) is 2. The molecule has 17 heavy (non-hydrogen) atoms. The summed E-state index contributed by atoms with van der Waals surface area (Å²) in [5.41, 5.74) is 0.274. The summed E-state index contributed by atoms with van der Waals surface area (Å²) in [7, 11) is 0. The summed E-state index contributed by atoms with van der Waals surface area (Å²) < 4.78 is 0.603. The second-order valence-corrected chi connectivity index (χ2v) is 4.22. The first-order chi connectivity index (χ1) is 8.15. The number of halogens is 1. The van der Waals surface area contributed by atoms with E-state index in [-0.39, 0.29) is 24.1 Å². The Bertz CT molecular complexity index is 409. The van der Waals surface area contributed by atoms with Crippen molar-refractivity contribution < 1.29 is 9.59 Å². The molecule has 1 aromatic heterocycles. The van der Waals surface area contributed by atoms with Gasteiger partial charge in [0.15, 0.2) is 0 Å². The van der Waals surface area contributed by atoms with Gasteiger partial charge in [0.2, 0.25) is 5.91 Å². The van der Waals surface area contributed by atoms with Crippen molar-refractivity contribution in [2.24, 2.45) is 0 Å². The summed E-state index contributed by atoms with van der Waals surface area (Å²) in [6.45, 7) is 2.54. The molecule has 1 rings (SSSR count). The minimum atomic E-state index is -0.371. The molecule has 0 aromatic carbocycles. The lowest BCUT2D eigenvalue weighted by atomic mass is 10.3. The summed E-state index contributed by atoms with van der Waals surface area (Å²) in [6, 6.07) is 3.44. The highest BCUT2D eigenvalue weighted by molar-refractivity contribution is 9.10. The van der Waals surface area contributed by atoms with Crippen molar-refractivity contribution in [3.63, 3.8) is 0 Å². The average molecular weight is 300 g/mol. The van der Waals surface area contributed by atoms with Crippen LogP contribution < -0.4 is 10.6 Å². The maximum absolute atomic E-state index is 11.7. The quantitative estimate of drug-likeness (QED) is 0.855. The average Bonchev–Trinajstić information content (AvgIpc) is 2.34. The maximum atomic E-state index is 11.7. The van der Waals surface area contributed by atoms with Gasteiger partial charge in [-0.05, 0) is 34.5 Å². The van der Waals surface area contributed by atoms with E-state index >= 15 is 0 Å². The Morgan fingerprint density at radius 3 is 2.82 bits per heavy atom. The zero-order valence-electron chi connectivity index (χ0n) is 9.50. The van der Waals surface area contributed by atoms with Crippen LogP contribution in [-0.2, 0) is 4.79 Å². The molecule has 2 N–H and O–H groups in total. The van der Waals surface area contributed by atoms with Crippen LogP contribution in [-0.4, -0.2) is 29.9 Å². The molecule has 5 nitrogen and oxygen atoms in total. The molecule has 0 spiro atoms. The normalized spacial score (nSPS) is 9.76. The van der Waals surface area contributed by atoms with Crippen LogP contribution in [0.25, 0.3) is 0 Å². The van der Waals surface area contributed by atoms with Gasteiger partial charge < -0.3 is 10.6 Å². The molecule has 2 amide bonds. The highest BCUT2D eigenvalue weighted by atomic mass is 79.9. The first-order valence-electron chi connectivity index (χ1n) is 5.30. The predicted molar refractivity (Wildman–Crippen MR) is 67.6 cm³/mol. The number of hydrogen-bond acceptors (Lipinski definition) is 3. The molecule has 0 aliphatic heterocycles. The van der Waals surface area contributed by atoms with Crippen molar-refractivity contribution in [2.75, 3.05) is 13.1 Å². The minimum absolute atomic E-state index is 0.0398. The fraction of sp³-hybridized carbons (Fsp3) is 0.364. The van der Waals surface area contributed by atoms with E-state index in [9.17, 15) is 9.59 Å². The van der Waals surface area contributed by atoms with Gasteiger partial charge in [-0.2, -0.15) is 0 Å². The summed E-state index contributed by atoms with van der Waals surface area (Å²) in [6.07, 6.45) is 2.39. The fourth-order valence-electron chi connectivity index (χ4n) is 1.12. The minimum Gasteiger partial charge on any atom is -0.355 e. The van der Waals surface area contributed by atoms with Crippen LogP contribution in [0.4, 0.5) is 0 Å². The Hall–Kier alpha value is -1.43. The zero-order valence-corrected chi connectivity index (χ0v) is 11.1. The largest absolute Gasteiger partial charge is 0.355 e. The van der Waals surface area contributed by atoms with E-state index in [0.717, 1.165) is 6.42 Å². The molecule has 1 heterocycles. The third-order valence-electron chi connectivity index (χ3n) is 1.96. The van der Waals surface area contributed by atoms with Gasteiger partial charge in [-0.1, -0.05) is 6.92 Å². The summed E-state index contributed by atoms with van der Waals surface area (Å²) in [4.78, 5) is 26.9. The second kappa shape index (κ2) is 7.01. The van der Waals surface area contributed by atoms with Crippen molar-refractivity contribution in [2.45, 2.75) is 13.3 Å². The van der Waals surface area contributed by atoms with Gasteiger partial charge in [-0.25, -0.2) is 4.98 Å². The van der Waals surface area contributed by atoms with E-state index in [1.807, 2.05) is 6.92 Å². The van der Waals surface area contributed by atoms with E-state index in [0.29, 0.717) is 11.0 Å². The lowest BCUT2D eigenvalue weighted by Crippen LogP contribution is -2.37.